The molecule has 1 aliphatic rings. The number of ether oxygens (including phenoxy) is 3. The van der Waals surface area contributed by atoms with Crippen molar-refractivity contribution in [3.63, 3.8) is 0 Å². The zero-order valence-corrected chi connectivity index (χ0v) is 14.9. The van der Waals surface area contributed by atoms with Crippen molar-refractivity contribution >= 4 is 23.6 Å². The van der Waals surface area contributed by atoms with Crippen LogP contribution in [0.3, 0.4) is 0 Å². The van der Waals surface area contributed by atoms with Crippen LogP contribution in [0.5, 0.6) is 11.5 Å². The van der Waals surface area contributed by atoms with E-state index in [0.717, 1.165) is 0 Å². The van der Waals surface area contributed by atoms with Gasteiger partial charge in [0, 0.05) is 22.8 Å². The molecule has 0 fully saturated rings. The van der Waals surface area contributed by atoms with Crippen molar-refractivity contribution in [1.82, 2.24) is 0 Å². The summed E-state index contributed by atoms with van der Waals surface area (Å²) in [6.07, 6.45) is 1.51. The van der Waals surface area contributed by atoms with Gasteiger partial charge in [-0.3, -0.25) is 10.1 Å². The number of hydrogen-bond acceptors (Lipinski definition) is 7. The lowest BCUT2D eigenvalue weighted by Gasteiger charge is -2.09. The highest BCUT2D eigenvalue weighted by Crippen LogP contribution is 2.33. The van der Waals surface area contributed by atoms with Crippen molar-refractivity contribution in [1.29, 1.82) is 0 Å². The van der Waals surface area contributed by atoms with Gasteiger partial charge in [-0.1, -0.05) is 18.2 Å². The Morgan fingerprint density at radius 3 is 2.63 bits per heavy atom. The Bertz CT molecular complexity index is 994. The molecule has 3 rings (SSSR count). The average molecular weight is 368 g/mol. The van der Waals surface area contributed by atoms with Gasteiger partial charge in [0.2, 0.25) is 5.90 Å². The number of para-hydroxylation sites is 1. The predicted molar refractivity (Wildman–Crippen MR) is 98.0 cm³/mol. The number of methoxy groups -OCH3 is 2. The molecular formula is C19H16N2O6. The fourth-order valence-corrected chi connectivity index (χ4v) is 2.64. The van der Waals surface area contributed by atoms with Gasteiger partial charge < -0.3 is 14.2 Å². The molecule has 8 nitrogen and oxygen atoms in total. The summed E-state index contributed by atoms with van der Waals surface area (Å²) in [6.45, 7) is 1.63. The number of aliphatic imine (C=N–C) groups is 1. The van der Waals surface area contributed by atoms with E-state index in [1.165, 1.54) is 26.4 Å². The number of carbonyl (C=O) groups excluding carboxylic acids is 1. The van der Waals surface area contributed by atoms with Crippen LogP contribution in [0.4, 0.5) is 5.69 Å². The molecule has 2 aromatic carbocycles. The van der Waals surface area contributed by atoms with E-state index in [0.29, 0.717) is 28.2 Å². The second-order valence-corrected chi connectivity index (χ2v) is 5.68. The number of nitro groups is 1. The molecule has 1 heterocycles. The molecule has 27 heavy (non-hydrogen) atoms. The van der Waals surface area contributed by atoms with Crippen molar-refractivity contribution < 1.29 is 23.9 Å². The lowest BCUT2D eigenvalue weighted by Crippen LogP contribution is -2.06. The zero-order chi connectivity index (χ0) is 19.6. The molecular weight excluding hydrogens is 352 g/mol. The number of carbonyl (C=O) groups is 1. The van der Waals surface area contributed by atoms with Crippen LogP contribution in [-0.2, 0) is 9.53 Å². The number of nitrogens with zero attached hydrogens (tertiary/aromatic N) is 2. The Morgan fingerprint density at radius 2 is 1.96 bits per heavy atom. The van der Waals surface area contributed by atoms with Crippen molar-refractivity contribution in [2.45, 2.75) is 6.92 Å². The first-order valence-electron chi connectivity index (χ1n) is 7.93. The normalized spacial score (nSPS) is 14.7. The molecule has 0 N–H and O–H groups in total. The zero-order valence-electron chi connectivity index (χ0n) is 14.9. The van der Waals surface area contributed by atoms with Crippen LogP contribution in [0.25, 0.3) is 6.08 Å². The van der Waals surface area contributed by atoms with Crippen LogP contribution < -0.4 is 9.47 Å². The molecule has 138 valence electrons. The molecule has 8 heteroatoms. The third-order valence-corrected chi connectivity index (χ3v) is 4.00. The van der Waals surface area contributed by atoms with Crippen molar-refractivity contribution in [3.05, 3.63) is 68.9 Å². The summed E-state index contributed by atoms with van der Waals surface area (Å²) in [4.78, 5) is 27.0. The molecule has 0 radical (unpaired) electrons. The first-order chi connectivity index (χ1) is 12.9. The van der Waals surface area contributed by atoms with Gasteiger partial charge in [0.25, 0.3) is 5.69 Å². The predicted octanol–water partition coefficient (Wildman–Crippen LogP) is 3.26. The van der Waals surface area contributed by atoms with E-state index in [9.17, 15) is 14.9 Å². The van der Waals surface area contributed by atoms with Crippen LogP contribution in [0, 0.1) is 17.0 Å². The number of nitro benzene ring substituents is 1. The smallest absolute Gasteiger partial charge is 0.363 e. The third-order valence-electron chi connectivity index (χ3n) is 4.00. The molecule has 0 spiro atoms. The molecule has 0 saturated carbocycles. The van der Waals surface area contributed by atoms with E-state index in [4.69, 9.17) is 14.2 Å². The first-order valence-corrected chi connectivity index (χ1v) is 7.93. The quantitative estimate of drug-likeness (QED) is 0.347. The SMILES string of the molecule is COc1cccc(/C=C2/N=C(c3ccc(C)c([N+](=O)[O-])c3)OC2=O)c1OC. The van der Waals surface area contributed by atoms with Crippen LogP contribution in [0.15, 0.2) is 47.1 Å². The Kier molecular flexibility index (Phi) is 4.89. The summed E-state index contributed by atoms with van der Waals surface area (Å²) in [5.41, 5.74) is 1.42. The fourth-order valence-electron chi connectivity index (χ4n) is 2.64. The van der Waals surface area contributed by atoms with Gasteiger partial charge in [-0.25, -0.2) is 9.79 Å². The molecule has 0 saturated heterocycles. The maximum Gasteiger partial charge on any atom is 0.363 e. The Balaban J connectivity index is 2.02. The second-order valence-electron chi connectivity index (χ2n) is 5.68. The van der Waals surface area contributed by atoms with Gasteiger partial charge in [-0.15, -0.1) is 0 Å². The highest BCUT2D eigenvalue weighted by molar-refractivity contribution is 6.13. The lowest BCUT2D eigenvalue weighted by molar-refractivity contribution is -0.385. The molecule has 0 unspecified atom stereocenters. The largest absolute Gasteiger partial charge is 0.493 e. The number of aryl methyl sites for hydroxylation is 1. The van der Waals surface area contributed by atoms with Gasteiger partial charge >= 0.3 is 5.97 Å². The Morgan fingerprint density at radius 1 is 1.19 bits per heavy atom. The molecule has 0 aliphatic carbocycles. The summed E-state index contributed by atoms with van der Waals surface area (Å²) in [7, 11) is 3.01. The lowest BCUT2D eigenvalue weighted by atomic mass is 10.1. The molecule has 2 aromatic rings. The van der Waals surface area contributed by atoms with Crippen LogP contribution >= 0.6 is 0 Å². The molecule has 0 aromatic heterocycles. The molecule has 0 atom stereocenters. The number of hydrogen-bond donors (Lipinski definition) is 0. The van der Waals surface area contributed by atoms with Crippen LogP contribution in [0.1, 0.15) is 16.7 Å². The second kappa shape index (κ2) is 7.28. The topological polar surface area (TPSA) is 100 Å². The van der Waals surface area contributed by atoms with Crippen molar-refractivity contribution in [3.8, 4) is 11.5 Å². The first kappa shape index (κ1) is 18.1. The number of esters is 1. The van der Waals surface area contributed by atoms with E-state index >= 15 is 0 Å². The van der Waals surface area contributed by atoms with E-state index in [1.54, 1.807) is 37.3 Å². The van der Waals surface area contributed by atoms with Crippen LogP contribution in [0.2, 0.25) is 0 Å². The number of benzene rings is 2. The van der Waals surface area contributed by atoms with Gasteiger partial charge in [-0.2, -0.15) is 0 Å². The number of cyclic esters (lactones) is 1. The maximum atomic E-state index is 12.2. The molecule has 0 amide bonds. The summed E-state index contributed by atoms with van der Waals surface area (Å²) < 4.78 is 15.8. The highest BCUT2D eigenvalue weighted by atomic mass is 16.6. The molecule has 0 bridgehead atoms. The van der Waals surface area contributed by atoms with Gasteiger partial charge in [0.1, 0.15) is 0 Å². The standard InChI is InChI=1S/C19H16N2O6/c1-11-7-8-13(10-15(11)21(23)24)18-20-14(19(22)27-18)9-12-5-4-6-16(25-2)17(12)26-3/h4-10H,1-3H3/b14-9+. The minimum absolute atomic E-state index is 0.0104. The third kappa shape index (κ3) is 3.50. The van der Waals surface area contributed by atoms with Crippen LogP contribution in [-0.4, -0.2) is 31.0 Å². The summed E-state index contributed by atoms with van der Waals surface area (Å²) in [5, 5.41) is 11.1. The minimum atomic E-state index is -0.655. The number of rotatable bonds is 5. The Labute approximate surface area is 154 Å². The van der Waals surface area contributed by atoms with Crippen molar-refractivity contribution in [2.24, 2.45) is 4.99 Å². The summed E-state index contributed by atoms with van der Waals surface area (Å²) >= 11 is 0. The van der Waals surface area contributed by atoms with E-state index in [-0.39, 0.29) is 17.3 Å². The van der Waals surface area contributed by atoms with Gasteiger partial charge in [0.15, 0.2) is 17.2 Å². The molecule has 1 aliphatic heterocycles. The van der Waals surface area contributed by atoms with E-state index in [2.05, 4.69) is 4.99 Å². The maximum absolute atomic E-state index is 12.2. The van der Waals surface area contributed by atoms with Gasteiger partial charge in [0.05, 0.1) is 19.1 Å². The summed E-state index contributed by atoms with van der Waals surface area (Å²) in [6, 6.07) is 9.75. The van der Waals surface area contributed by atoms with E-state index in [1.807, 2.05) is 0 Å². The van der Waals surface area contributed by atoms with Gasteiger partial charge in [-0.05, 0) is 25.1 Å². The fraction of sp³-hybridized carbons (Fsp3) is 0.158. The summed E-state index contributed by atoms with van der Waals surface area (Å²) in [5.74, 6) is 0.320. The monoisotopic (exact) mass is 368 g/mol. The minimum Gasteiger partial charge on any atom is -0.493 e. The van der Waals surface area contributed by atoms with Crippen molar-refractivity contribution in [2.75, 3.05) is 14.2 Å². The average Bonchev–Trinajstić information content (AvgIpc) is 3.02. The Hall–Kier alpha value is -3.68. The van der Waals surface area contributed by atoms with E-state index < -0.39 is 10.9 Å². The highest BCUT2D eigenvalue weighted by Gasteiger charge is 2.26.